The zero-order valence-electron chi connectivity index (χ0n) is 9.88. The summed E-state index contributed by atoms with van der Waals surface area (Å²) >= 11 is 6.01. The van der Waals surface area contributed by atoms with Crippen molar-refractivity contribution >= 4 is 23.2 Å². The molecule has 1 aromatic rings. The van der Waals surface area contributed by atoms with Crippen LogP contribution >= 0.6 is 11.6 Å². The van der Waals surface area contributed by atoms with Gasteiger partial charge in [0.15, 0.2) is 0 Å². The van der Waals surface area contributed by atoms with Crippen LogP contribution in [0.2, 0.25) is 5.02 Å². The fraction of sp³-hybridized carbons (Fsp3) is 0.417. The van der Waals surface area contributed by atoms with Crippen LogP contribution in [0.15, 0.2) is 18.2 Å². The molecule has 92 valence electrons. The quantitative estimate of drug-likeness (QED) is 0.752. The number of amides is 1. The maximum Gasteiger partial charge on any atom is 0.230 e. The van der Waals surface area contributed by atoms with Crippen molar-refractivity contribution in [3.63, 3.8) is 0 Å². The van der Waals surface area contributed by atoms with Crippen LogP contribution in [0.1, 0.15) is 12.5 Å². The van der Waals surface area contributed by atoms with Crippen molar-refractivity contribution in [1.82, 2.24) is 10.9 Å². The number of nitrogens with one attached hydrogen (secondary N) is 3. The van der Waals surface area contributed by atoms with E-state index in [2.05, 4.69) is 16.2 Å². The Morgan fingerprint density at radius 3 is 2.94 bits per heavy atom. The fourth-order valence-corrected chi connectivity index (χ4v) is 2.07. The van der Waals surface area contributed by atoms with Gasteiger partial charge in [0.2, 0.25) is 5.91 Å². The zero-order valence-corrected chi connectivity index (χ0v) is 10.6. The van der Waals surface area contributed by atoms with Crippen LogP contribution < -0.4 is 16.2 Å². The van der Waals surface area contributed by atoms with Crippen molar-refractivity contribution in [2.75, 3.05) is 11.9 Å². The Morgan fingerprint density at radius 2 is 2.29 bits per heavy atom. The molecular formula is C12H16ClN3O. The molecule has 0 bridgehead atoms. The van der Waals surface area contributed by atoms with Crippen LogP contribution in [0.4, 0.5) is 5.69 Å². The molecule has 1 aromatic carbocycles. The molecule has 1 saturated heterocycles. The first-order valence-corrected chi connectivity index (χ1v) is 6.01. The molecule has 5 heteroatoms. The third-order valence-electron chi connectivity index (χ3n) is 3.12. The average molecular weight is 254 g/mol. The van der Waals surface area contributed by atoms with E-state index >= 15 is 0 Å². The highest BCUT2D eigenvalue weighted by molar-refractivity contribution is 6.31. The summed E-state index contributed by atoms with van der Waals surface area (Å²) in [6, 6.07) is 5.64. The van der Waals surface area contributed by atoms with E-state index in [4.69, 9.17) is 11.6 Å². The third kappa shape index (κ3) is 2.60. The Hall–Kier alpha value is -1.10. The standard InChI is InChI=1S/C12H16ClN3O/c1-7-10(13)4-3-5-11(7)15-12(17)9-6-14-16-8(9)2/h3-5,8-9,14,16H,6H2,1-2H3,(H,15,17). The van der Waals surface area contributed by atoms with Gasteiger partial charge in [-0.2, -0.15) is 0 Å². The minimum absolute atomic E-state index is 0.0142. The van der Waals surface area contributed by atoms with Gasteiger partial charge in [-0.25, -0.2) is 0 Å². The summed E-state index contributed by atoms with van der Waals surface area (Å²) in [6.45, 7) is 4.52. The lowest BCUT2D eigenvalue weighted by Gasteiger charge is -2.15. The Labute approximate surface area is 106 Å². The summed E-state index contributed by atoms with van der Waals surface area (Å²) in [5.74, 6) is -0.0475. The van der Waals surface area contributed by atoms with Crippen LogP contribution in [0, 0.1) is 12.8 Å². The number of hydrogen-bond donors (Lipinski definition) is 3. The topological polar surface area (TPSA) is 53.2 Å². The number of hydrazine groups is 1. The maximum atomic E-state index is 12.1. The van der Waals surface area contributed by atoms with E-state index in [1.54, 1.807) is 0 Å². The van der Waals surface area contributed by atoms with Gasteiger partial charge >= 0.3 is 0 Å². The largest absolute Gasteiger partial charge is 0.325 e. The van der Waals surface area contributed by atoms with Gasteiger partial charge in [-0.3, -0.25) is 15.6 Å². The van der Waals surface area contributed by atoms with Crippen molar-refractivity contribution in [2.45, 2.75) is 19.9 Å². The zero-order chi connectivity index (χ0) is 12.4. The first kappa shape index (κ1) is 12.4. The van der Waals surface area contributed by atoms with Crippen LogP contribution in [0.5, 0.6) is 0 Å². The van der Waals surface area contributed by atoms with Gasteiger partial charge < -0.3 is 5.32 Å². The lowest BCUT2D eigenvalue weighted by molar-refractivity contribution is -0.119. The summed E-state index contributed by atoms with van der Waals surface area (Å²) in [5.41, 5.74) is 7.68. The first-order chi connectivity index (χ1) is 8.09. The van der Waals surface area contributed by atoms with Crippen molar-refractivity contribution in [3.8, 4) is 0 Å². The van der Waals surface area contributed by atoms with E-state index in [0.29, 0.717) is 11.6 Å². The number of rotatable bonds is 2. The molecule has 0 radical (unpaired) electrons. The van der Waals surface area contributed by atoms with E-state index in [0.717, 1.165) is 11.3 Å². The molecule has 1 aliphatic heterocycles. The summed E-state index contributed by atoms with van der Waals surface area (Å²) in [5, 5.41) is 3.59. The highest BCUT2D eigenvalue weighted by Gasteiger charge is 2.29. The minimum atomic E-state index is -0.0617. The molecule has 2 unspecified atom stereocenters. The van der Waals surface area contributed by atoms with Crippen molar-refractivity contribution in [3.05, 3.63) is 28.8 Å². The normalized spacial score (nSPS) is 23.7. The number of halogens is 1. The summed E-state index contributed by atoms with van der Waals surface area (Å²) in [4.78, 5) is 12.1. The van der Waals surface area contributed by atoms with Crippen molar-refractivity contribution in [1.29, 1.82) is 0 Å². The van der Waals surface area contributed by atoms with Gasteiger partial charge in [0.05, 0.1) is 5.92 Å². The van der Waals surface area contributed by atoms with Gasteiger partial charge in [0.1, 0.15) is 0 Å². The molecule has 0 spiro atoms. The smallest absolute Gasteiger partial charge is 0.230 e. The molecule has 0 aliphatic carbocycles. The van der Waals surface area contributed by atoms with Crippen molar-refractivity contribution < 1.29 is 4.79 Å². The van der Waals surface area contributed by atoms with Gasteiger partial charge in [-0.1, -0.05) is 17.7 Å². The highest BCUT2D eigenvalue weighted by atomic mass is 35.5. The SMILES string of the molecule is Cc1c(Cl)cccc1NC(=O)C1CNNC1C. The van der Waals surface area contributed by atoms with E-state index in [-0.39, 0.29) is 17.9 Å². The third-order valence-corrected chi connectivity index (χ3v) is 3.53. The summed E-state index contributed by atoms with van der Waals surface area (Å²) < 4.78 is 0. The molecule has 1 amide bonds. The number of anilines is 1. The number of hydrogen-bond acceptors (Lipinski definition) is 3. The number of carbonyl (C=O) groups excluding carboxylic acids is 1. The molecule has 0 aromatic heterocycles. The Bertz CT molecular complexity index is 436. The van der Waals surface area contributed by atoms with E-state index in [1.165, 1.54) is 0 Å². The average Bonchev–Trinajstić information content (AvgIpc) is 2.71. The fourth-order valence-electron chi connectivity index (χ4n) is 1.90. The Kier molecular flexibility index (Phi) is 3.66. The Balaban J connectivity index is 2.10. The van der Waals surface area contributed by atoms with E-state index in [1.807, 2.05) is 32.0 Å². The molecule has 0 saturated carbocycles. The lowest BCUT2D eigenvalue weighted by atomic mass is 10.0. The number of carbonyl (C=O) groups is 1. The van der Waals surface area contributed by atoms with Crippen LogP contribution in [-0.4, -0.2) is 18.5 Å². The van der Waals surface area contributed by atoms with Crippen LogP contribution in [-0.2, 0) is 4.79 Å². The highest BCUT2D eigenvalue weighted by Crippen LogP contribution is 2.23. The minimum Gasteiger partial charge on any atom is -0.325 e. The predicted octanol–water partition coefficient (Wildman–Crippen LogP) is 1.70. The number of benzene rings is 1. The molecule has 2 atom stereocenters. The first-order valence-electron chi connectivity index (χ1n) is 5.64. The van der Waals surface area contributed by atoms with Crippen LogP contribution in [0.3, 0.4) is 0 Å². The van der Waals surface area contributed by atoms with E-state index < -0.39 is 0 Å². The monoisotopic (exact) mass is 253 g/mol. The second-order valence-corrected chi connectivity index (χ2v) is 4.73. The molecule has 17 heavy (non-hydrogen) atoms. The molecule has 2 rings (SSSR count). The summed E-state index contributed by atoms with van der Waals surface area (Å²) in [7, 11) is 0. The maximum absolute atomic E-state index is 12.1. The Morgan fingerprint density at radius 1 is 1.53 bits per heavy atom. The van der Waals surface area contributed by atoms with Gasteiger partial charge in [0, 0.05) is 23.3 Å². The summed E-state index contributed by atoms with van der Waals surface area (Å²) in [6.07, 6.45) is 0. The van der Waals surface area contributed by atoms with Crippen LogP contribution in [0.25, 0.3) is 0 Å². The molecule has 1 aliphatic rings. The second kappa shape index (κ2) is 5.04. The van der Waals surface area contributed by atoms with E-state index in [9.17, 15) is 4.79 Å². The lowest BCUT2D eigenvalue weighted by Crippen LogP contribution is -2.33. The van der Waals surface area contributed by atoms with Crippen molar-refractivity contribution in [2.24, 2.45) is 5.92 Å². The molecular weight excluding hydrogens is 238 g/mol. The molecule has 3 N–H and O–H groups in total. The molecule has 1 heterocycles. The van der Waals surface area contributed by atoms with Gasteiger partial charge in [0.25, 0.3) is 0 Å². The predicted molar refractivity (Wildman–Crippen MR) is 68.9 cm³/mol. The molecule has 4 nitrogen and oxygen atoms in total. The second-order valence-electron chi connectivity index (χ2n) is 4.32. The van der Waals surface area contributed by atoms with Gasteiger partial charge in [-0.15, -0.1) is 0 Å². The molecule has 1 fully saturated rings. The van der Waals surface area contributed by atoms with Gasteiger partial charge in [-0.05, 0) is 31.5 Å².